The zero-order chi connectivity index (χ0) is 19.8. The van der Waals surface area contributed by atoms with Crippen LogP contribution in [-0.2, 0) is 14.3 Å². The molecule has 0 aromatic heterocycles. The standard InChI is InChI=1S/C21H25NO5/c1-14-5-6-17(11-15(14)2)16(3)22-20(23)12-27-21(24)13-26-19-9-7-18(25-4)8-10-19/h5-11,16H,12-13H2,1-4H3,(H,22,23). The van der Waals surface area contributed by atoms with Crippen LogP contribution in [0.4, 0.5) is 0 Å². The van der Waals surface area contributed by atoms with Crippen LogP contribution in [0.1, 0.15) is 29.7 Å². The normalized spacial score (nSPS) is 11.4. The van der Waals surface area contributed by atoms with Crippen LogP contribution in [-0.4, -0.2) is 32.2 Å². The van der Waals surface area contributed by atoms with Gasteiger partial charge in [0.05, 0.1) is 13.2 Å². The molecular weight excluding hydrogens is 346 g/mol. The molecular formula is C21H25NO5. The number of benzene rings is 2. The fourth-order valence-corrected chi connectivity index (χ4v) is 2.40. The van der Waals surface area contributed by atoms with Crippen molar-refractivity contribution in [1.82, 2.24) is 5.32 Å². The van der Waals surface area contributed by atoms with Gasteiger partial charge in [-0.2, -0.15) is 0 Å². The summed E-state index contributed by atoms with van der Waals surface area (Å²) in [6.45, 7) is 5.33. The highest BCUT2D eigenvalue weighted by Crippen LogP contribution is 2.17. The van der Waals surface area contributed by atoms with Crippen LogP contribution < -0.4 is 14.8 Å². The Morgan fingerprint density at radius 1 is 0.963 bits per heavy atom. The average molecular weight is 371 g/mol. The number of esters is 1. The van der Waals surface area contributed by atoms with Gasteiger partial charge in [0.15, 0.2) is 13.2 Å². The minimum atomic E-state index is -0.611. The van der Waals surface area contributed by atoms with Crippen molar-refractivity contribution in [2.24, 2.45) is 0 Å². The summed E-state index contributed by atoms with van der Waals surface area (Å²) in [5, 5.41) is 2.81. The number of amides is 1. The van der Waals surface area contributed by atoms with E-state index in [9.17, 15) is 9.59 Å². The lowest BCUT2D eigenvalue weighted by Crippen LogP contribution is -2.32. The molecule has 0 saturated carbocycles. The molecule has 1 amide bonds. The summed E-state index contributed by atoms with van der Waals surface area (Å²) < 4.78 is 15.3. The van der Waals surface area contributed by atoms with E-state index in [0.717, 1.165) is 11.1 Å². The third kappa shape index (κ3) is 6.33. The highest BCUT2D eigenvalue weighted by Gasteiger charge is 2.13. The van der Waals surface area contributed by atoms with Gasteiger partial charge in [-0.25, -0.2) is 4.79 Å². The molecule has 0 spiro atoms. The number of hydrogen-bond donors (Lipinski definition) is 1. The van der Waals surface area contributed by atoms with Gasteiger partial charge in [-0.05, 0) is 61.7 Å². The van der Waals surface area contributed by atoms with E-state index >= 15 is 0 Å². The van der Waals surface area contributed by atoms with E-state index in [1.807, 2.05) is 39.0 Å². The highest BCUT2D eigenvalue weighted by molar-refractivity contribution is 5.81. The number of carbonyl (C=O) groups is 2. The maximum Gasteiger partial charge on any atom is 0.344 e. The van der Waals surface area contributed by atoms with Crippen LogP contribution in [0.2, 0.25) is 0 Å². The van der Waals surface area contributed by atoms with E-state index in [2.05, 4.69) is 5.32 Å². The summed E-state index contributed by atoms with van der Waals surface area (Å²) in [5.74, 6) is 0.235. The summed E-state index contributed by atoms with van der Waals surface area (Å²) in [4.78, 5) is 23.7. The summed E-state index contributed by atoms with van der Waals surface area (Å²) in [6, 6.07) is 12.7. The number of rotatable bonds is 8. The molecule has 2 rings (SSSR count). The lowest BCUT2D eigenvalue weighted by molar-refractivity contribution is -0.150. The Bertz CT molecular complexity index is 786. The minimum Gasteiger partial charge on any atom is -0.497 e. The first-order chi connectivity index (χ1) is 12.9. The van der Waals surface area contributed by atoms with E-state index in [1.54, 1.807) is 31.4 Å². The number of aryl methyl sites for hydroxylation is 2. The first-order valence-electron chi connectivity index (χ1n) is 8.68. The number of methoxy groups -OCH3 is 1. The van der Waals surface area contributed by atoms with Gasteiger partial charge in [-0.1, -0.05) is 18.2 Å². The predicted octanol–water partition coefficient (Wildman–Crippen LogP) is 3.11. The van der Waals surface area contributed by atoms with E-state index in [1.165, 1.54) is 5.56 Å². The van der Waals surface area contributed by atoms with Crippen molar-refractivity contribution in [1.29, 1.82) is 0 Å². The molecule has 1 N–H and O–H groups in total. The molecule has 2 aromatic carbocycles. The van der Waals surface area contributed by atoms with Crippen LogP contribution >= 0.6 is 0 Å². The third-order valence-electron chi connectivity index (χ3n) is 4.19. The van der Waals surface area contributed by atoms with Gasteiger partial charge in [0.1, 0.15) is 11.5 Å². The van der Waals surface area contributed by atoms with Gasteiger partial charge >= 0.3 is 5.97 Å². The van der Waals surface area contributed by atoms with Crippen LogP contribution in [0.3, 0.4) is 0 Å². The van der Waals surface area contributed by atoms with E-state index < -0.39 is 5.97 Å². The summed E-state index contributed by atoms with van der Waals surface area (Å²) in [5.41, 5.74) is 3.36. The van der Waals surface area contributed by atoms with Gasteiger partial charge in [0.25, 0.3) is 5.91 Å². The summed E-state index contributed by atoms with van der Waals surface area (Å²) in [7, 11) is 1.57. The van der Waals surface area contributed by atoms with Crippen molar-refractivity contribution in [3.63, 3.8) is 0 Å². The maximum absolute atomic E-state index is 12.0. The molecule has 27 heavy (non-hydrogen) atoms. The van der Waals surface area contributed by atoms with Crippen LogP contribution in [0.25, 0.3) is 0 Å². The topological polar surface area (TPSA) is 73.9 Å². The van der Waals surface area contributed by atoms with Crippen LogP contribution in [0.5, 0.6) is 11.5 Å². The zero-order valence-corrected chi connectivity index (χ0v) is 16.1. The molecule has 1 atom stereocenters. The second kappa shape index (κ2) is 9.62. The minimum absolute atomic E-state index is 0.175. The van der Waals surface area contributed by atoms with Gasteiger partial charge in [-0.15, -0.1) is 0 Å². The van der Waals surface area contributed by atoms with Crippen molar-refractivity contribution in [3.05, 3.63) is 59.2 Å². The Morgan fingerprint density at radius 2 is 1.63 bits per heavy atom. The van der Waals surface area contributed by atoms with Crippen LogP contribution in [0, 0.1) is 13.8 Å². The molecule has 1 unspecified atom stereocenters. The number of hydrogen-bond acceptors (Lipinski definition) is 5. The predicted molar refractivity (Wildman–Crippen MR) is 102 cm³/mol. The smallest absolute Gasteiger partial charge is 0.344 e. The second-order valence-electron chi connectivity index (χ2n) is 6.26. The summed E-state index contributed by atoms with van der Waals surface area (Å²) in [6.07, 6.45) is 0. The molecule has 0 aliphatic rings. The molecule has 0 saturated heterocycles. The van der Waals surface area contributed by atoms with Gasteiger partial charge in [-0.3, -0.25) is 4.79 Å². The van der Waals surface area contributed by atoms with E-state index in [0.29, 0.717) is 11.5 Å². The molecule has 2 aromatic rings. The molecule has 0 aliphatic carbocycles. The Balaban J connectivity index is 1.73. The van der Waals surface area contributed by atoms with E-state index in [-0.39, 0.29) is 25.2 Å². The van der Waals surface area contributed by atoms with Gasteiger partial charge in [0, 0.05) is 0 Å². The lowest BCUT2D eigenvalue weighted by Gasteiger charge is -2.16. The second-order valence-corrected chi connectivity index (χ2v) is 6.26. The molecule has 144 valence electrons. The Labute approximate surface area is 159 Å². The van der Waals surface area contributed by atoms with Crippen LogP contribution in [0.15, 0.2) is 42.5 Å². The summed E-state index contributed by atoms with van der Waals surface area (Å²) >= 11 is 0. The third-order valence-corrected chi connectivity index (χ3v) is 4.19. The molecule has 0 aliphatic heterocycles. The highest BCUT2D eigenvalue weighted by atomic mass is 16.6. The Morgan fingerprint density at radius 3 is 2.26 bits per heavy atom. The maximum atomic E-state index is 12.0. The lowest BCUT2D eigenvalue weighted by atomic mass is 10.0. The zero-order valence-electron chi connectivity index (χ0n) is 16.1. The van der Waals surface area contributed by atoms with Crippen molar-refractivity contribution in [3.8, 4) is 11.5 Å². The molecule has 0 radical (unpaired) electrons. The quantitative estimate of drug-likeness (QED) is 0.722. The number of nitrogens with one attached hydrogen (secondary N) is 1. The molecule has 0 fully saturated rings. The van der Waals surface area contributed by atoms with Crippen molar-refractivity contribution < 1.29 is 23.8 Å². The van der Waals surface area contributed by atoms with E-state index in [4.69, 9.17) is 14.2 Å². The molecule has 6 heteroatoms. The molecule has 0 bridgehead atoms. The fourth-order valence-electron chi connectivity index (χ4n) is 2.40. The van der Waals surface area contributed by atoms with Crippen molar-refractivity contribution in [2.45, 2.75) is 26.8 Å². The van der Waals surface area contributed by atoms with Crippen molar-refractivity contribution >= 4 is 11.9 Å². The fraction of sp³-hybridized carbons (Fsp3) is 0.333. The Hall–Kier alpha value is -3.02. The largest absolute Gasteiger partial charge is 0.497 e. The van der Waals surface area contributed by atoms with Crippen molar-refractivity contribution in [2.75, 3.05) is 20.3 Å². The number of ether oxygens (including phenoxy) is 3. The molecule has 6 nitrogen and oxygen atoms in total. The number of carbonyl (C=O) groups excluding carboxylic acids is 2. The van der Waals surface area contributed by atoms with Gasteiger partial charge in [0.2, 0.25) is 0 Å². The Kier molecular flexibility index (Phi) is 7.23. The van der Waals surface area contributed by atoms with Gasteiger partial charge < -0.3 is 19.5 Å². The average Bonchev–Trinajstić information content (AvgIpc) is 2.67. The first-order valence-corrected chi connectivity index (χ1v) is 8.68. The SMILES string of the molecule is COc1ccc(OCC(=O)OCC(=O)NC(C)c2ccc(C)c(C)c2)cc1. The first kappa shape index (κ1) is 20.3. The monoisotopic (exact) mass is 371 g/mol. The molecule has 0 heterocycles.